The number of nitrogens with one attached hydrogen (secondary N) is 1. The Morgan fingerprint density at radius 2 is 1.90 bits per heavy atom. The van der Waals surface area contributed by atoms with Crippen LogP contribution < -0.4 is 15.8 Å². The Labute approximate surface area is 116 Å². The highest BCUT2D eigenvalue weighted by molar-refractivity contribution is 5.66. The molecule has 0 aliphatic carbocycles. The van der Waals surface area contributed by atoms with Crippen molar-refractivity contribution in [1.29, 1.82) is 0 Å². The number of halogens is 2. The zero-order chi connectivity index (χ0) is 14.5. The van der Waals surface area contributed by atoms with Crippen LogP contribution in [0.25, 0.3) is 0 Å². The second-order valence-corrected chi connectivity index (χ2v) is 4.31. The molecular formula is C15H16F2N2O. The lowest BCUT2D eigenvalue weighted by molar-refractivity contribution is 0.410. The molecule has 0 spiro atoms. The molecule has 0 saturated carbocycles. The summed E-state index contributed by atoms with van der Waals surface area (Å²) in [6.07, 6.45) is 0.611. The van der Waals surface area contributed by atoms with Crippen LogP contribution in [0.4, 0.5) is 20.2 Å². The van der Waals surface area contributed by atoms with Gasteiger partial charge in [-0.3, -0.25) is 0 Å². The summed E-state index contributed by atoms with van der Waals surface area (Å²) in [6.45, 7) is 0.422. The molecule has 2 aromatic carbocycles. The van der Waals surface area contributed by atoms with Gasteiger partial charge in [-0.1, -0.05) is 18.2 Å². The molecule has 0 radical (unpaired) electrons. The third kappa shape index (κ3) is 2.99. The Kier molecular flexibility index (Phi) is 4.40. The number of nitrogen functional groups attached to an aromatic ring is 1. The Bertz CT molecular complexity index is 602. The SMILES string of the molecule is COc1ccccc1CCNc1c(N)ccc(F)c1F. The van der Waals surface area contributed by atoms with Crippen LogP contribution in [-0.2, 0) is 6.42 Å². The average Bonchev–Trinajstić information content (AvgIpc) is 2.47. The zero-order valence-electron chi connectivity index (χ0n) is 11.1. The van der Waals surface area contributed by atoms with E-state index in [-0.39, 0.29) is 11.4 Å². The maximum absolute atomic E-state index is 13.6. The highest BCUT2D eigenvalue weighted by Gasteiger charge is 2.11. The van der Waals surface area contributed by atoms with Crippen LogP contribution in [0.2, 0.25) is 0 Å². The Morgan fingerprint density at radius 3 is 2.65 bits per heavy atom. The topological polar surface area (TPSA) is 47.3 Å². The van der Waals surface area contributed by atoms with Crippen molar-refractivity contribution < 1.29 is 13.5 Å². The monoisotopic (exact) mass is 278 g/mol. The van der Waals surface area contributed by atoms with Crippen LogP contribution in [-0.4, -0.2) is 13.7 Å². The molecule has 3 N–H and O–H groups in total. The number of anilines is 2. The predicted octanol–water partition coefficient (Wildman–Crippen LogP) is 3.21. The number of rotatable bonds is 5. The third-order valence-electron chi connectivity index (χ3n) is 3.02. The van der Waals surface area contributed by atoms with Gasteiger partial charge in [0.05, 0.1) is 18.5 Å². The van der Waals surface area contributed by atoms with Crippen molar-refractivity contribution in [3.8, 4) is 5.75 Å². The van der Waals surface area contributed by atoms with Crippen molar-refractivity contribution >= 4 is 11.4 Å². The van der Waals surface area contributed by atoms with Crippen LogP contribution in [0.5, 0.6) is 5.75 Å². The lowest BCUT2D eigenvalue weighted by Crippen LogP contribution is -2.10. The molecule has 0 aliphatic heterocycles. The maximum atomic E-state index is 13.6. The van der Waals surface area contributed by atoms with Crippen molar-refractivity contribution in [3.63, 3.8) is 0 Å². The largest absolute Gasteiger partial charge is 0.496 e. The Morgan fingerprint density at radius 1 is 1.15 bits per heavy atom. The summed E-state index contributed by atoms with van der Waals surface area (Å²) in [5.74, 6) is -1.11. The van der Waals surface area contributed by atoms with E-state index in [4.69, 9.17) is 10.5 Å². The van der Waals surface area contributed by atoms with Crippen LogP contribution >= 0.6 is 0 Å². The van der Waals surface area contributed by atoms with Gasteiger partial charge in [-0.05, 0) is 30.2 Å². The predicted molar refractivity (Wildman–Crippen MR) is 76.0 cm³/mol. The summed E-state index contributed by atoms with van der Waals surface area (Å²) >= 11 is 0. The molecular weight excluding hydrogens is 262 g/mol. The number of hydrogen-bond acceptors (Lipinski definition) is 3. The van der Waals surface area contributed by atoms with Gasteiger partial charge >= 0.3 is 0 Å². The molecule has 3 nitrogen and oxygen atoms in total. The van der Waals surface area contributed by atoms with Gasteiger partial charge in [-0.25, -0.2) is 8.78 Å². The van der Waals surface area contributed by atoms with Gasteiger partial charge in [0.15, 0.2) is 11.6 Å². The fraction of sp³-hybridized carbons (Fsp3) is 0.200. The Hall–Kier alpha value is -2.30. The molecule has 0 atom stereocenters. The number of nitrogens with two attached hydrogens (primary N) is 1. The average molecular weight is 278 g/mol. The first-order valence-electron chi connectivity index (χ1n) is 6.22. The van der Waals surface area contributed by atoms with E-state index in [1.165, 1.54) is 6.07 Å². The van der Waals surface area contributed by atoms with Crippen molar-refractivity contribution in [3.05, 3.63) is 53.6 Å². The van der Waals surface area contributed by atoms with Gasteiger partial charge in [0, 0.05) is 6.54 Å². The van der Waals surface area contributed by atoms with Crippen LogP contribution in [0.15, 0.2) is 36.4 Å². The summed E-state index contributed by atoms with van der Waals surface area (Å²) in [5.41, 5.74) is 6.80. The summed E-state index contributed by atoms with van der Waals surface area (Å²) in [5, 5.41) is 2.83. The zero-order valence-corrected chi connectivity index (χ0v) is 11.1. The number of hydrogen-bond donors (Lipinski definition) is 2. The van der Waals surface area contributed by atoms with E-state index in [1.807, 2.05) is 24.3 Å². The van der Waals surface area contributed by atoms with Gasteiger partial charge in [0.1, 0.15) is 5.75 Å². The highest BCUT2D eigenvalue weighted by Crippen LogP contribution is 2.25. The summed E-state index contributed by atoms with van der Waals surface area (Å²) < 4.78 is 32.0. The lowest BCUT2D eigenvalue weighted by Gasteiger charge is -2.12. The molecule has 0 heterocycles. The minimum absolute atomic E-state index is 0.0000945. The molecule has 5 heteroatoms. The van der Waals surface area contributed by atoms with Gasteiger partial charge in [0.25, 0.3) is 0 Å². The molecule has 0 unspecified atom stereocenters. The first-order valence-corrected chi connectivity index (χ1v) is 6.22. The van der Waals surface area contributed by atoms with Crippen LogP contribution in [0, 0.1) is 11.6 Å². The van der Waals surface area contributed by atoms with Crippen molar-refractivity contribution in [2.24, 2.45) is 0 Å². The molecule has 2 rings (SSSR count). The minimum Gasteiger partial charge on any atom is -0.496 e. The molecule has 2 aromatic rings. The van der Waals surface area contributed by atoms with Crippen molar-refractivity contribution in [2.45, 2.75) is 6.42 Å². The normalized spacial score (nSPS) is 10.3. The fourth-order valence-corrected chi connectivity index (χ4v) is 1.98. The standard InChI is InChI=1S/C15H16F2N2O/c1-20-13-5-3-2-4-10(13)8-9-19-15-12(18)7-6-11(16)14(15)17/h2-7,19H,8-9,18H2,1H3. The lowest BCUT2D eigenvalue weighted by atomic mass is 10.1. The van der Waals surface area contributed by atoms with E-state index in [0.717, 1.165) is 17.4 Å². The first kappa shape index (κ1) is 14.1. The summed E-state index contributed by atoms with van der Waals surface area (Å²) in [4.78, 5) is 0. The van der Waals surface area contributed by atoms with Crippen molar-refractivity contribution in [2.75, 3.05) is 24.7 Å². The van der Waals surface area contributed by atoms with Crippen molar-refractivity contribution in [1.82, 2.24) is 0 Å². The second kappa shape index (κ2) is 6.23. The molecule has 0 amide bonds. The quantitative estimate of drug-likeness (QED) is 0.826. The van der Waals surface area contributed by atoms with E-state index in [9.17, 15) is 8.78 Å². The van der Waals surface area contributed by atoms with Gasteiger partial charge < -0.3 is 15.8 Å². The maximum Gasteiger partial charge on any atom is 0.183 e. The molecule has 0 saturated heterocycles. The van der Waals surface area contributed by atoms with Gasteiger partial charge in [-0.15, -0.1) is 0 Å². The minimum atomic E-state index is -0.954. The second-order valence-electron chi connectivity index (χ2n) is 4.31. The first-order chi connectivity index (χ1) is 9.63. The molecule has 0 aromatic heterocycles. The molecule has 20 heavy (non-hydrogen) atoms. The molecule has 0 fully saturated rings. The number of ether oxygens (including phenoxy) is 1. The fourth-order valence-electron chi connectivity index (χ4n) is 1.98. The molecule has 0 bridgehead atoms. The highest BCUT2D eigenvalue weighted by atomic mass is 19.2. The van der Waals surface area contributed by atoms with Crippen LogP contribution in [0.3, 0.4) is 0 Å². The van der Waals surface area contributed by atoms with E-state index in [2.05, 4.69) is 5.32 Å². The van der Waals surface area contributed by atoms with E-state index in [0.29, 0.717) is 13.0 Å². The number of para-hydroxylation sites is 1. The third-order valence-corrected chi connectivity index (χ3v) is 3.02. The van der Waals surface area contributed by atoms with Gasteiger partial charge in [0.2, 0.25) is 0 Å². The van der Waals surface area contributed by atoms with E-state index >= 15 is 0 Å². The Balaban J connectivity index is 2.05. The van der Waals surface area contributed by atoms with Crippen LogP contribution in [0.1, 0.15) is 5.56 Å². The smallest absolute Gasteiger partial charge is 0.183 e. The summed E-state index contributed by atoms with van der Waals surface area (Å²) in [6, 6.07) is 9.90. The number of benzene rings is 2. The molecule has 0 aliphatic rings. The van der Waals surface area contributed by atoms with Gasteiger partial charge in [-0.2, -0.15) is 0 Å². The summed E-state index contributed by atoms with van der Waals surface area (Å²) in [7, 11) is 1.59. The molecule has 106 valence electrons. The number of methoxy groups -OCH3 is 1. The van der Waals surface area contributed by atoms with E-state index in [1.54, 1.807) is 7.11 Å². The van der Waals surface area contributed by atoms with E-state index < -0.39 is 11.6 Å².